The molecule has 1 saturated carbocycles. The molecule has 1 aliphatic carbocycles. The van der Waals surface area contributed by atoms with Gasteiger partial charge in [0.25, 0.3) is 0 Å². The monoisotopic (exact) mass is 399 g/mol. The van der Waals surface area contributed by atoms with Crippen LogP contribution in [0.25, 0.3) is 11.2 Å². The maximum Gasteiger partial charge on any atom is 0.320 e. The third-order valence-corrected chi connectivity index (χ3v) is 6.12. The molecule has 3 fully saturated rings. The number of fused-ring (bicyclic) bond motifs is 2. The lowest BCUT2D eigenvalue weighted by molar-refractivity contribution is -0.0326. The lowest BCUT2D eigenvalue weighted by atomic mass is 10.1. The molecule has 0 unspecified atom stereocenters. The van der Waals surface area contributed by atoms with E-state index in [1.807, 2.05) is 0 Å². The number of hydrogen-bond acceptors (Lipinski definition) is 10. The summed E-state index contributed by atoms with van der Waals surface area (Å²) < 4.78 is 43.4. The standard InChI is InChI=1S/C15H21N5O6S/c1-7-10-11(26-27(21,22)25-10)14(23-7)20-6-17-9-12(16)18-15(19-13(9)20)24-8-4-2-3-5-8/h6-8,10-11,14,21-22H,2-5H2,1H3,(H2,16,18,19)/t7-,10-,11+,14-/m1/s1. The summed E-state index contributed by atoms with van der Waals surface area (Å²) >= 11 is -3.54. The van der Waals surface area contributed by atoms with Crippen LogP contribution in [0.2, 0.25) is 0 Å². The fourth-order valence-electron chi connectivity index (χ4n) is 3.89. The Hall–Kier alpha value is -1.70. The number of aromatic nitrogens is 4. The van der Waals surface area contributed by atoms with E-state index < -0.39 is 35.7 Å². The Morgan fingerprint density at radius 2 is 1.96 bits per heavy atom. The van der Waals surface area contributed by atoms with Gasteiger partial charge in [-0.1, -0.05) is 0 Å². The van der Waals surface area contributed by atoms with E-state index in [1.165, 1.54) is 6.33 Å². The fraction of sp³-hybridized carbons (Fsp3) is 0.667. The lowest BCUT2D eigenvalue weighted by Gasteiger charge is -2.23. The summed E-state index contributed by atoms with van der Waals surface area (Å²) in [6.45, 7) is 1.78. The summed E-state index contributed by atoms with van der Waals surface area (Å²) in [5.74, 6) is 0.210. The van der Waals surface area contributed by atoms with Gasteiger partial charge in [-0.15, -0.1) is 0 Å². The molecule has 0 spiro atoms. The molecule has 148 valence electrons. The number of imidazole rings is 1. The molecule has 0 bridgehead atoms. The highest BCUT2D eigenvalue weighted by Crippen LogP contribution is 2.57. The molecule has 2 aliphatic heterocycles. The van der Waals surface area contributed by atoms with Crippen LogP contribution in [0, 0.1) is 0 Å². The maximum atomic E-state index is 9.74. The van der Waals surface area contributed by atoms with Crippen molar-refractivity contribution < 1.29 is 26.9 Å². The molecule has 2 saturated heterocycles. The summed E-state index contributed by atoms with van der Waals surface area (Å²) in [6, 6.07) is 0.198. The largest absolute Gasteiger partial charge is 0.460 e. The van der Waals surface area contributed by atoms with E-state index in [9.17, 15) is 9.11 Å². The molecule has 0 amide bonds. The van der Waals surface area contributed by atoms with Crippen LogP contribution in [-0.4, -0.2) is 53.0 Å². The van der Waals surface area contributed by atoms with Crippen molar-refractivity contribution in [2.45, 2.75) is 63.3 Å². The van der Waals surface area contributed by atoms with Gasteiger partial charge < -0.3 is 15.2 Å². The predicted molar refractivity (Wildman–Crippen MR) is 94.8 cm³/mol. The van der Waals surface area contributed by atoms with E-state index in [1.54, 1.807) is 11.5 Å². The molecule has 2 aromatic heterocycles. The third-order valence-electron chi connectivity index (χ3n) is 5.17. The molecule has 4 atom stereocenters. The number of anilines is 1. The van der Waals surface area contributed by atoms with Crippen molar-refractivity contribution in [2.75, 3.05) is 5.73 Å². The van der Waals surface area contributed by atoms with Crippen molar-refractivity contribution in [3.63, 3.8) is 0 Å². The van der Waals surface area contributed by atoms with Gasteiger partial charge in [0.2, 0.25) is 11.2 Å². The first kappa shape index (κ1) is 17.4. The van der Waals surface area contributed by atoms with Crippen molar-refractivity contribution in [3.8, 4) is 6.01 Å². The molecule has 0 radical (unpaired) electrons. The van der Waals surface area contributed by atoms with E-state index >= 15 is 0 Å². The van der Waals surface area contributed by atoms with E-state index in [0.717, 1.165) is 25.7 Å². The van der Waals surface area contributed by atoms with Crippen LogP contribution in [-0.2, 0) is 13.1 Å². The Kier molecular flexibility index (Phi) is 3.97. The second-order valence-corrected chi connectivity index (χ2v) is 8.32. The Morgan fingerprint density at radius 3 is 2.74 bits per heavy atom. The molecule has 2 aromatic rings. The van der Waals surface area contributed by atoms with Gasteiger partial charge in [-0.2, -0.15) is 9.97 Å². The lowest BCUT2D eigenvalue weighted by Crippen LogP contribution is -2.27. The first-order valence-electron chi connectivity index (χ1n) is 8.88. The highest BCUT2D eigenvalue weighted by Gasteiger charge is 2.56. The Morgan fingerprint density at radius 1 is 1.22 bits per heavy atom. The predicted octanol–water partition coefficient (Wildman–Crippen LogP) is 2.01. The highest BCUT2D eigenvalue weighted by molar-refractivity contribution is 8.16. The molecule has 4 heterocycles. The summed E-state index contributed by atoms with van der Waals surface area (Å²) in [5.41, 5.74) is 6.89. The number of nitrogens with two attached hydrogens (primary N) is 1. The van der Waals surface area contributed by atoms with Gasteiger partial charge >= 0.3 is 6.01 Å². The summed E-state index contributed by atoms with van der Waals surface area (Å²) in [7, 11) is 0. The summed E-state index contributed by atoms with van der Waals surface area (Å²) in [6.07, 6.45) is 3.38. The van der Waals surface area contributed by atoms with Gasteiger partial charge in [0.15, 0.2) is 29.3 Å². The second-order valence-electron chi connectivity index (χ2n) is 7.04. The Bertz CT molecular complexity index is 872. The highest BCUT2D eigenvalue weighted by atomic mass is 32.3. The van der Waals surface area contributed by atoms with Crippen LogP contribution in [0.3, 0.4) is 0 Å². The van der Waals surface area contributed by atoms with Gasteiger partial charge in [0.1, 0.15) is 12.2 Å². The van der Waals surface area contributed by atoms with Crippen molar-refractivity contribution in [1.29, 1.82) is 0 Å². The zero-order valence-electron chi connectivity index (χ0n) is 14.6. The number of hydrogen-bond donors (Lipinski definition) is 3. The van der Waals surface area contributed by atoms with Gasteiger partial charge in [-0.25, -0.2) is 4.98 Å². The molecule has 0 aromatic carbocycles. The minimum absolute atomic E-state index is 0.0879. The van der Waals surface area contributed by atoms with E-state index in [2.05, 4.69) is 15.0 Å². The zero-order valence-corrected chi connectivity index (χ0v) is 15.4. The normalized spacial score (nSPS) is 34.2. The number of nitrogen functional groups attached to an aromatic ring is 1. The Balaban J connectivity index is 1.50. The third kappa shape index (κ3) is 2.92. The van der Waals surface area contributed by atoms with E-state index in [0.29, 0.717) is 11.2 Å². The zero-order chi connectivity index (χ0) is 18.8. The summed E-state index contributed by atoms with van der Waals surface area (Å²) in [5, 5.41) is 0. The number of nitrogens with zero attached hydrogens (tertiary/aromatic N) is 4. The van der Waals surface area contributed by atoms with Crippen LogP contribution in [0.4, 0.5) is 5.82 Å². The van der Waals surface area contributed by atoms with Crippen LogP contribution >= 0.6 is 11.2 Å². The Labute approximate surface area is 156 Å². The molecule has 4 N–H and O–H groups in total. The van der Waals surface area contributed by atoms with Crippen molar-refractivity contribution in [1.82, 2.24) is 19.5 Å². The fourth-order valence-corrected chi connectivity index (χ4v) is 4.98. The molecular weight excluding hydrogens is 378 g/mol. The second kappa shape index (κ2) is 6.15. The summed E-state index contributed by atoms with van der Waals surface area (Å²) in [4.78, 5) is 13.0. The minimum atomic E-state index is -3.54. The average Bonchev–Trinajstić information content (AvgIpc) is 3.34. The SMILES string of the molecule is C[C@H]1O[C@@H](n2cnc3c(N)nc(OC4CCCC4)nc32)[C@H]2OS(O)(O)O[C@@H]21. The quantitative estimate of drug-likeness (QED) is 0.700. The van der Waals surface area contributed by atoms with Gasteiger partial charge in [-0.05, 0) is 32.6 Å². The van der Waals surface area contributed by atoms with E-state index in [4.69, 9.17) is 23.6 Å². The number of ether oxygens (including phenoxy) is 2. The van der Waals surface area contributed by atoms with Gasteiger partial charge in [-0.3, -0.25) is 22.0 Å². The average molecular weight is 399 g/mol. The van der Waals surface area contributed by atoms with Gasteiger partial charge in [0.05, 0.1) is 12.4 Å². The van der Waals surface area contributed by atoms with Crippen LogP contribution in [0.15, 0.2) is 6.33 Å². The minimum Gasteiger partial charge on any atom is -0.460 e. The maximum absolute atomic E-state index is 9.74. The van der Waals surface area contributed by atoms with Gasteiger partial charge in [0, 0.05) is 0 Å². The molecule has 11 nitrogen and oxygen atoms in total. The first-order chi connectivity index (χ1) is 12.9. The van der Waals surface area contributed by atoms with Crippen LogP contribution in [0.5, 0.6) is 6.01 Å². The van der Waals surface area contributed by atoms with Crippen molar-refractivity contribution in [3.05, 3.63) is 6.33 Å². The molecular formula is C15H21N5O6S. The number of rotatable bonds is 3. The van der Waals surface area contributed by atoms with E-state index in [-0.39, 0.29) is 17.9 Å². The van der Waals surface area contributed by atoms with Crippen molar-refractivity contribution in [2.24, 2.45) is 0 Å². The van der Waals surface area contributed by atoms with Crippen LogP contribution < -0.4 is 10.5 Å². The van der Waals surface area contributed by atoms with Crippen molar-refractivity contribution >= 4 is 28.1 Å². The topological polar surface area (TPSA) is 147 Å². The first-order valence-corrected chi connectivity index (χ1v) is 10.3. The smallest absolute Gasteiger partial charge is 0.320 e. The molecule has 27 heavy (non-hydrogen) atoms. The molecule has 5 rings (SSSR count). The molecule has 3 aliphatic rings. The van der Waals surface area contributed by atoms with Crippen LogP contribution in [0.1, 0.15) is 38.8 Å². The molecule has 12 heteroatoms.